The molecule has 6 nitrogen and oxygen atoms in total. The number of piperidine rings is 1. The van der Waals surface area contributed by atoms with Gasteiger partial charge in [-0.05, 0) is 54.7 Å². The van der Waals surface area contributed by atoms with Gasteiger partial charge in [0.2, 0.25) is 10.0 Å². The van der Waals surface area contributed by atoms with E-state index in [9.17, 15) is 8.42 Å². The predicted molar refractivity (Wildman–Crippen MR) is 129 cm³/mol. The highest BCUT2D eigenvalue weighted by atomic mass is 127. The molecule has 1 fully saturated rings. The molecule has 158 valence electrons. The van der Waals surface area contributed by atoms with Crippen LogP contribution in [0.3, 0.4) is 0 Å². The number of benzene rings is 2. The Bertz CT molecular complexity index is 924. The van der Waals surface area contributed by atoms with Gasteiger partial charge in [0, 0.05) is 18.8 Å². The molecule has 0 spiro atoms. The standard InChI is InChI=1S/C21H28N4O2S.HI/c1-2-17-9-11-19(12-10-17)24-21(22)23-16-18-7-6-8-20(15-18)28(26,27)25-13-4-3-5-14-25;/h6-12,15H,2-5,13-14,16H2,1H3,(H3,22,23,24);1H. The van der Waals surface area contributed by atoms with Crippen molar-refractivity contribution in [3.63, 3.8) is 0 Å². The third kappa shape index (κ3) is 6.42. The Morgan fingerprint density at radius 1 is 1.07 bits per heavy atom. The van der Waals surface area contributed by atoms with Gasteiger partial charge in [0.1, 0.15) is 0 Å². The van der Waals surface area contributed by atoms with Crippen molar-refractivity contribution in [3.05, 3.63) is 59.7 Å². The maximum atomic E-state index is 12.8. The number of nitrogens with zero attached hydrogens (tertiary/aromatic N) is 2. The molecule has 2 aromatic rings. The van der Waals surface area contributed by atoms with Crippen molar-refractivity contribution in [1.82, 2.24) is 4.31 Å². The van der Waals surface area contributed by atoms with Gasteiger partial charge in [-0.1, -0.05) is 37.6 Å². The monoisotopic (exact) mass is 528 g/mol. The highest BCUT2D eigenvalue weighted by Gasteiger charge is 2.25. The first-order valence-electron chi connectivity index (χ1n) is 9.74. The fourth-order valence-electron chi connectivity index (χ4n) is 3.25. The first-order valence-corrected chi connectivity index (χ1v) is 11.2. The van der Waals surface area contributed by atoms with Crippen LogP contribution in [0.25, 0.3) is 0 Å². The number of hydrogen-bond donors (Lipinski definition) is 2. The Morgan fingerprint density at radius 2 is 1.76 bits per heavy atom. The van der Waals surface area contributed by atoms with Gasteiger partial charge in [-0.25, -0.2) is 13.4 Å². The number of rotatable bonds is 6. The summed E-state index contributed by atoms with van der Waals surface area (Å²) in [6.07, 6.45) is 3.92. The van der Waals surface area contributed by atoms with Gasteiger partial charge >= 0.3 is 0 Å². The summed E-state index contributed by atoms with van der Waals surface area (Å²) in [5, 5.41) is 3.06. The molecule has 0 saturated carbocycles. The van der Waals surface area contributed by atoms with Gasteiger partial charge in [0.25, 0.3) is 0 Å². The van der Waals surface area contributed by atoms with Crippen LogP contribution in [0.5, 0.6) is 0 Å². The Kier molecular flexibility index (Phi) is 8.91. The predicted octanol–water partition coefficient (Wildman–Crippen LogP) is 3.97. The van der Waals surface area contributed by atoms with Gasteiger partial charge in [-0.15, -0.1) is 24.0 Å². The highest BCUT2D eigenvalue weighted by Crippen LogP contribution is 2.21. The van der Waals surface area contributed by atoms with E-state index in [1.807, 2.05) is 30.3 Å². The average Bonchev–Trinajstić information content (AvgIpc) is 2.74. The summed E-state index contributed by atoms with van der Waals surface area (Å²) >= 11 is 0. The molecular formula is C21H29IN4O2S. The number of guanidine groups is 1. The van der Waals surface area contributed by atoms with Crippen LogP contribution in [-0.4, -0.2) is 31.8 Å². The lowest BCUT2D eigenvalue weighted by molar-refractivity contribution is 0.346. The first-order chi connectivity index (χ1) is 13.5. The molecule has 29 heavy (non-hydrogen) atoms. The topological polar surface area (TPSA) is 87.8 Å². The summed E-state index contributed by atoms with van der Waals surface area (Å²) in [7, 11) is -3.44. The first kappa shape index (κ1) is 23.6. The van der Waals surface area contributed by atoms with Crippen LogP contribution in [-0.2, 0) is 23.0 Å². The Hall–Kier alpha value is -1.65. The second kappa shape index (κ2) is 10.9. The molecule has 1 aliphatic rings. The molecule has 0 bridgehead atoms. The quantitative estimate of drug-likeness (QED) is 0.338. The van der Waals surface area contributed by atoms with Crippen LogP contribution in [0, 0.1) is 0 Å². The number of halogens is 1. The molecule has 1 heterocycles. The van der Waals surface area contributed by atoms with Crippen LogP contribution < -0.4 is 11.1 Å². The van der Waals surface area contributed by atoms with Crippen LogP contribution in [0.2, 0.25) is 0 Å². The maximum absolute atomic E-state index is 12.8. The zero-order valence-corrected chi connectivity index (χ0v) is 19.8. The van der Waals surface area contributed by atoms with Gasteiger partial charge in [0.05, 0.1) is 11.4 Å². The molecule has 0 unspecified atom stereocenters. The summed E-state index contributed by atoms with van der Waals surface area (Å²) in [6, 6.07) is 15.0. The maximum Gasteiger partial charge on any atom is 0.243 e. The SMILES string of the molecule is CCc1ccc(NC(N)=NCc2cccc(S(=O)(=O)N3CCCCC3)c2)cc1.I. The van der Waals surface area contributed by atoms with Crippen LogP contribution in [0.1, 0.15) is 37.3 Å². The van der Waals surface area contributed by atoms with E-state index in [0.717, 1.165) is 36.9 Å². The second-order valence-corrected chi connectivity index (χ2v) is 8.93. The van der Waals surface area contributed by atoms with Gasteiger partial charge < -0.3 is 11.1 Å². The molecule has 0 aromatic heterocycles. The van der Waals surface area contributed by atoms with Crippen LogP contribution >= 0.6 is 24.0 Å². The van der Waals surface area contributed by atoms with Crippen molar-refractivity contribution >= 4 is 45.6 Å². The van der Waals surface area contributed by atoms with Crippen molar-refractivity contribution in [3.8, 4) is 0 Å². The number of hydrogen-bond acceptors (Lipinski definition) is 3. The average molecular weight is 528 g/mol. The molecule has 0 amide bonds. The molecule has 3 rings (SSSR count). The third-order valence-corrected chi connectivity index (χ3v) is 6.81. The normalized spacial score (nSPS) is 15.6. The fraction of sp³-hybridized carbons (Fsp3) is 0.381. The van der Waals surface area contributed by atoms with Crippen molar-refractivity contribution in [2.75, 3.05) is 18.4 Å². The summed E-state index contributed by atoms with van der Waals surface area (Å²) in [6.45, 7) is 3.61. The van der Waals surface area contributed by atoms with E-state index in [4.69, 9.17) is 5.73 Å². The van der Waals surface area contributed by atoms with Crippen LogP contribution in [0.15, 0.2) is 58.4 Å². The van der Waals surface area contributed by atoms with Crippen molar-refractivity contribution < 1.29 is 8.42 Å². The number of aryl methyl sites for hydroxylation is 1. The fourth-order valence-corrected chi connectivity index (χ4v) is 4.83. The van der Waals surface area contributed by atoms with E-state index in [1.54, 1.807) is 22.5 Å². The zero-order valence-electron chi connectivity index (χ0n) is 16.7. The number of aliphatic imine (C=N–C) groups is 1. The molecule has 1 aliphatic heterocycles. The van der Waals surface area contributed by atoms with E-state index < -0.39 is 10.0 Å². The molecule has 0 atom stereocenters. The molecule has 8 heteroatoms. The van der Waals surface area contributed by atoms with Crippen LogP contribution in [0.4, 0.5) is 5.69 Å². The Labute approximate surface area is 190 Å². The summed E-state index contributed by atoms with van der Waals surface area (Å²) in [5.74, 6) is 0.300. The zero-order chi connectivity index (χ0) is 20.0. The second-order valence-electron chi connectivity index (χ2n) is 6.99. The molecular weight excluding hydrogens is 499 g/mol. The van der Waals surface area contributed by atoms with E-state index in [0.29, 0.717) is 30.5 Å². The highest BCUT2D eigenvalue weighted by molar-refractivity contribution is 14.0. The Morgan fingerprint density at radius 3 is 2.41 bits per heavy atom. The number of nitrogens with one attached hydrogen (secondary N) is 1. The minimum atomic E-state index is -3.44. The van der Waals surface area contributed by atoms with E-state index >= 15 is 0 Å². The lowest BCUT2D eigenvalue weighted by atomic mass is 10.1. The Balaban J connectivity index is 0.00000300. The van der Waals surface area contributed by atoms with Crippen molar-refractivity contribution in [1.29, 1.82) is 0 Å². The van der Waals surface area contributed by atoms with Gasteiger partial charge in [-0.2, -0.15) is 4.31 Å². The molecule has 1 saturated heterocycles. The van der Waals surface area contributed by atoms with E-state index in [2.05, 4.69) is 17.2 Å². The number of nitrogens with two attached hydrogens (primary N) is 1. The van der Waals surface area contributed by atoms with E-state index in [1.165, 1.54) is 5.56 Å². The third-order valence-electron chi connectivity index (χ3n) is 4.92. The summed E-state index contributed by atoms with van der Waals surface area (Å²) < 4.78 is 27.2. The summed E-state index contributed by atoms with van der Waals surface area (Å²) in [4.78, 5) is 4.67. The minimum Gasteiger partial charge on any atom is -0.370 e. The molecule has 3 N–H and O–H groups in total. The van der Waals surface area contributed by atoms with E-state index in [-0.39, 0.29) is 24.0 Å². The number of sulfonamides is 1. The van der Waals surface area contributed by atoms with Crippen molar-refractivity contribution in [2.45, 2.75) is 44.0 Å². The lowest BCUT2D eigenvalue weighted by Gasteiger charge is -2.26. The molecule has 0 radical (unpaired) electrons. The largest absolute Gasteiger partial charge is 0.370 e. The number of anilines is 1. The minimum absolute atomic E-state index is 0. The molecule has 2 aromatic carbocycles. The van der Waals surface area contributed by atoms with Gasteiger partial charge in [-0.3, -0.25) is 0 Å². The van der Waals surface area contributed by atoms with Crippen molar-refractivity contribution in [2.24, 2.45) is 10.7 Å². The van der Waals surface area contributed by atoms with Gasteiger partial charge in [0.15, 0.2) is 5.96 Å². The summed E-state index contributed by atoms with van der Waals surface area (Å²) in [5.41, 5.74) is 8.92. The molecule has 0 aliphatic carbocycles. The lowest BCUT2D eigenvalue weighted by Crippen LogP contribution is -2.35. The smallest absolute Gasteiger partial charge is 0.243 e.